The zero-order chi connectivity index (χ0) is 21.2. The molecule has 0 radical (unpaired) electrons. The normalized spacial score (nSPS) is 22.0. The van der Waals surface area contributed by atoms with E-state index in [1.807, 2.05) is 6.07 Å². The quantitative estimate of drug-likeness (QED) is 0.697. The molecule has 1 saturated heterocycles. The van der Waals surface area contributed by atoms with Gasteiger partial charge in [-0.1, -0.05) is 0 Å². The Kier molecular flexibility index (Phi) is 5.50. The molecule has 0 unspecified atom stereocenters. The highest BCUT2D eigenvalue weighted by atomic mass is 32.2. The van der Waals surface area contributed by atoms with Crippen LogP contribution in [-0.4, -0.2) is 59.3 Å². The van der Waals surface area contributed by atoms with Crippen LogP contribution in [-0.2, 0) is 10.0 Å². The number of hydrogen-bond acceptors (Lipinski definition) is 8. The van der Waals surface area contributed by atoms with Crippen LogP contribution in [0.4, 0.5) is 4.39 Å². The van der Waals surface area contributed by atoms with Gasteiger partial charge in [0.2, 0.25) is 0 Å². The molecule has 1 aliphatic heterocycles. The molecule has 1 aromatic heterocycles. The van der Waals surface area contributed by atoms with Gasteiger partial charge in [-0.15, -0.1) is 0 Å². The van der Waals surface area contributed by atoms with Crippen molar-refractivity contribution >= 4 is 10.0 Å². The standard InChI is InChI=1S/C18H15FN4O5S/c19-15-5-14(3-2-13(15)7-21)28-16-9-23(10-18(16,25)11-24)29(26,27)17-4-1-12(6-20)8-22-17/h1-5,8,16,24-25H,9-11H2/t16-,18+/m0/s1. The van der Waals surface area contributed by atoms with Gasteiger partial charge in [0.05, 0.1) is 24.3 Å². The third-order valence-electron chi connectivity index (χ3n) is 4.50. The molecule has 1 aromatic carbocycles. The predicted molar refractivity (Wildman–Crippen MR) is 95.3 cm³/mol. The lowest BCUT2D eigenvalue weighted by Gasteiger charge is -2.27. The first-order chi connectivity index (χ1) is 13.7. The van der Waals surface area contributed by atoms with Crippen LogP contribution in [0.15, 0.2) is 41.6 Å². The third-order valence-corrected chi connectivity index (χ3v) is 6.23. The van der Waals surface area contributed by atoms with Crippen LogP contribution in [0.5, 0.6) is 5.75 Å². The lowest BCUT2D eigenvalue weighted by atomic mass is 10.0. The second-order valence-corrected chi connectivity index (χ2v) is 8.30. The van der Waals surface area contributed by atoms with Crippen LogP contribution in [0.1, 0.15) is 11.1 Å². The predicted octanol–water partition coefficient (Wildman–Crippen LogP) is 0.139. The zero-order valence-electron chi connectivity index (χ0n) is 14.9. The van der Waals surface area contributed by atoms with Gasteiger partial charge >= 0.3 is 0 Å². The van der Waals surface area contributed by atoms with Crippen LogP contribution in [0.25, 0.3) is 0 Å². The number of nitrogens with zero attached hydrogens (tertiary/aromatic N) is 4. The summed E-state index contributed by atoms with van der Waals surface area (Å²) in [4.78, 5) is 3.76. The molecule has 9 nitrogen and oxygen atoms in total. The second kappa shape index (κ2) is 7.73. The molecule has 0 aliphatic carbocycles. The van der Waals surface area contributed by atoms with E-state index in [1.54, 1.807) is 6.07 Å². The fourth-order valence-electron chi connectivity index (χ4n) is 2.86. The molecule has 2 atom stereocenters. The van der Waals surface area contributed by atoms with Crippen molar-refractivity contribution in [1.29, 1.82) is 10.5 Å². The lowest BCUT2D eigenvalue weighted by Crippen LogP contribution is -2.48. The molecule has 2 aromatic rings. The Balaban J connectivity index is 1.86. The van der Waals surface area contributed by atoms with Gasteiger partial charge < -0.3 is 14.9 Å². The highest BCUT2D eigenvalue weighted by molar-refractivity contribution is 7.89. The summed E-state index contributed by atoms with van der Waals surface area (Å²) < 4.78 is 45.8. The SMILES string of the molecule is N#Cc1ccc(S(=O)(=O)N2C[C@H](Oc3ccc(C#N)c(F)c3)[C@](O)(CO)C2)nc1. The molecular formula is C18H15FN4O5S. The Morgan fingerprint density at radius 3 is 2.62 bits per heavy atom. The van der Waals surface area contributed by atoms with E-state index in [2.05, 4.69) is 4.98 Å². The molecule has 150 valence electrons. The van der Waals surface area contributed by atoms with Crippen molar-refractivity contribution in [3.8, 4) is 17.9 Å². The number of nitriles is 2. The molecule has 0 saturated carbocycles. The molecule has 2 heterocycles. The average Bonchev–Trinajstić information content (AvgIpc) is 3.06. The summed E-state index contributed by atoms with van der Waals surface area (Å²) in [6.45, 7) is -1.61. The van der Waals surface area contributed by atoms with Crippen LogP contribution in [0, 0.1) is 28.5 Å². The maximum atomic E-state index is 13.8. The minimum Gasteiger partial charge on any atom is -0.486 e. The lowest BCUT2D eigenvalue weighted by molar-refractivity contribution is -0.0641. The maximum Gasteiger partial charge on any atom is 0.260 e. The summed E-state index contributed by atoms with van der Waals surface area (Å²) in [7, 11) is -4.14. The first-order valence-corrected chi connectivity index (χ1v) is 9.73. The van der Waals surface area contributed by atoms with Crippen molar-refractivity contribution in [1.82, 2.24) is 9.29 Å². The van der Waals surface area contributed by atoms with Gasteiger partial charge in [-0.05, 0) is 24.3 Å². The number of sulfonamides is 1. The van der Waals surface area contributed by atoms with E-state index in [0.29, 0.717) is 0 Å². The Bertz CT molecular complexity index is 1110. The molecule has 3 rings (SSSR count). The molecule has 0 bridgehead atoms. The minimum atomic E-state index is -4.14. The smallest absolute Gasteiger partial charge is 0.260 e. The van der Waals surface area contributed by atoms with Crippen LogP contribution < -0.4 is 4.74 Å². The Hall–Kier alpha value is -3.09. The van der Waals surface area contributed by atoms with E-state index in [-0.39, 0.29) is 28.4 Å². The van der Waals surface area contributed by atoms with E-state index in [4.69, 9.17) is 15.3 Å². The topological polar surface area (TPSA) is 148 Å². The average molecular weight is 418 g/mol. The number of ether oxygens (including phenoxy) is 1. The van der Waals surface area contributed by atoms with Crippen LogP contribution >= 0.6 is 0 Å². The summed E-state index contributed by atoms with van der Waals surface area (Å²) in [5, 5.41) is 37.5. The molecule has 0 spiro atoms. The Morgan fingerprint density at radius 2 is 2.07 bits per heavy atom. The van der Waals surface area contributed by atoms with Crippen molar-refractivity contribution in [2.75, 3.05) is 19.7 Å². The number of aromatic nitrogens is 1. The summed E-state index contributed by atoms with van der Waals surface area (Å²) in [6, 6.07) is 9.38. The van der Waals surface area contributed by atoms with Crippen molar-refractivity contribution in [3.63, 3.8) is 0 Å². The van der Waals surface area contributed by atoms with Crippen molar-refractivity contribution in [2.45, 2.75) is 16.7 Å². The van der Waals surface area contributed by atoms with Gasteiger partial charge in [0.15, 0.2) is 5.03 Å². The number of halogens is 1. The van der Waals surface area contributed by atoms with Crippen molar-refractivity contribution < 1.29 is 27.8 Å². The maximum absolute atomic E-state index is 13.8. The largest absolute Gasteiger partial charge is 0.486 e. The van der Waals surface area contributed by atoms with Crippen molar-refractivity contribution in [3.05, 3.63) is 53.5 Å². The van der Waals surface area contributed by atoms with Gasteiger partial charge in [-0.2, -0.15) is 14.8 Å². The number of aliphatic hydroxyl groups excluding tert-OH is 1. The summed E-state index contributed by atoms with van der Waals surface area (Å²) in [6.07, 6.45) is -0.0951. The molecule has 1 fully saturated rings. The van der Waals surface area contributed by atoms with E-state index in [0.717, 1.165) is 22.6 Å². The minimum absolute atomic E-state index is 0.0332. The highest BCUT2D eigenvalue weighted by Crippen LogP contribution is 2.30. The van der Waals surface area contributed by atoms with Gasteiger partial charge in [0.25, 0.3) is 10.0 Å². The number of aliphatic hydroxyl groups is 2. The van der Waals surface area contributed by atoms with E-state index >= 15 is 0 Å². The van der Waals surface area contributed by atoms with Gasteiger partial charge in [-0.3, -0.25) is 0 Å². The number of hydrogen-bond donors (Lipinski definition) is 2. The number of rotatable bonds is 5. The van der Waals surface area contributed by atoms with Crippen LogP contribution in [0.2, 0.25) is 0 Å². The molecule has 0 amide bonds. The zero-order valence-corrected chi connectivity index (χ0v) is 15.7. The van der Waals surface area contributed by atoms with E-state index in [9.17, 15) is 23.0 Å². The summed E-state index contributed by atoms with van der Waals surface area (Å²) >= 11 is 0. The van der Waals surface area contributed by atoms with Gasteiger partial charge in [0.1, 0.15) is 35.4 Å². The number of β-amino-alcohol motifs (C(OH)–C–C–N with tert-alkyl or cyclic N) is 1. The van der Waals surface area contributed by atoms with Gasteiger partial charge in [0, 0.05) is 18.8 Å². The molecule has 2 N–H and O–H groups in total. The van der Waals surface area contributed by atoms with Crippen molar-refractivity contribution in [2.24, 2.45) is 0 Å². The molecule has 11 heteroatoms. The fourth-order valence-corrected chi connectivity index (χ4v) is 4.28. The van der Waals surface area contributed by atoms with E-state index in [1.165, 1.54) is 18.2 Å². The Labute approximate surface area is 165 Å². The monoisotopic (exact) mass is 418 g/mol. The molecule has 29 heavy (non-hydrogen) atoms. The van der Waals surface area contributed by atoms with Crippen LogP contribution in [0.3, 0.4) is 0 Å². The number of benzene rings is 1. The first-order valence-electron chi connectivity index (χ1n) is 8.29. The number of pyridine rings is 1. The van der Waals surface area contributed by atoms with Gasteiger partial charge in [-0.25, -0.2) is 17.8 Å². The fraction of sp³-hybridized carbons (Fsp3) is 0.278. The molecular weight excluding hydrogens is 403 g/mol. The third kappa shape index (κ3) is 3.90. The Morgan fingerprint density at radius 1 is 1.31 bits per heavy atom. The second-order valence-electron chi connectivity index (χ2n) is 6.42. The summed E-state index contributed by atoms with van der Waals surface area (Å²) in [5.41, 5.74) is -1.96. The molecule has 1 aliphatic rings. The van der Waals surface area contributed by atoms with E-state index < -0.39 is 40.7 Å². The summed E-state index contributed by atoms with van der Waals surface area (Å²) in [5.74, 6) is -0.865. The highest BCUT2D eigenvalue weighted by Gasteiger charge is 2.51. The first kappa shape index (κ1) is 20.6.